The van der Waals surface area contributed by atoms with Gasteiger partial charge in [0, 0.05) is 17.1 Å². The smallest absolute Gasteiger partial charge is 0.166 e. The highest BCUT2D eigenvalue weighted by Gasteiger charge is 2.11. The Balaban J connectivity index is 2.23. The van der Waals surface area contributed by atoms with Crippen molar-refractivity contribution in [2.45, 2.75) is 19.9 Å². The number of benzene rings is 2. The van der Waals surface area contributed by atoms with E-state index in [1.165, 1.54) is 6.07 Å². The van der Waals surface area contributed by atoms with E-state index in [9.17, 15) is 4.39 Å². The highest BCUT2D eigenvalue weighted by Crippen LogP contribution is 2.33. The first kappa shape index (κ1) is 16.1. The summed E-state index contributed by atoms with van der Waals surface area (Å²) >= 11 is 11.9. The summed E-state index contributed by atoms with van der Waals surface area (Å²) in [7, 11) is 0. The van der Waals surface area contributed by atoms with Crippen LogP contribution >= 0.6 is 23.2 Å². The summed E-state index contributed by atoms with van der Waals surface area (Å²) in [6, 6.07) is 9.76. The molecule has 0 aliphatic rings. The average molecular weight is 328 g/mol. The maximum Gasteiger partial charge on any atom is 0.166 e. The Bertz CT molecular complexity index is 634. The fraction of sp³-hybridized carbons (Fsp3) is 0.250. The van der Waals surface area contributed by atoms with Gasteiger partial charge in [-0.25, -0.2) is 4.39 Å². The molecule has 0 aliphatic heterocycles. The van der Waals surface area contributed by atoms with Gasteiger partial charge in [-0.05, 0) is 43.3 Å². The predicted molar refractivity (Wildman–Crippen MR) is 85.0 cm³/mol. The zero-order valence-corrected chi connectivity index (χ0v) is 13.3. The highest BCUT2D eigenvalue weighted by atomic mass is 35.5. The molecule has 0 saturated carbocycles. The summed E-state index contributed by atoms with van der Waals surface area (Å²) in [5.41, 5.74) is 0.860. The summed E-state index contributed by atoms with van der Waals surface area (Å²) in [4.78, 5) is 0. The summed E-state index contributed by atoms with van der Waals surface area (Å²) in [5.74, 6) is 0.00968. The first-order valence-electron chi connectivity index (χ1n) is 6.67. The Hall–Kier alpha value is -1.29. The van der Waals surface area contributed by atoms with Gasteiger partial charge in [-0.2, -0.15) is 0 Å². The third kappa shape index (κ3) is 4.10. The molecule has 2 rings (SSSR count). The second kappa shape index (κ2) is 7.12. The van der Waals surface area contributed by atoms with Crippen LogP contribution < -0.4 is 10.1 Å². The van der Waals surface area contributed by atoms with Crippen LogP contribution in [0.1, 0.15) is 25.5 Å². The fourth-order valence-corrected chi connectivity index (χ4v) is 2.29. The van der Waals surface area contributed by atoms with Crippen molar-refractivity contribution in [3.8, 4) is 11.5 Å². The monoisotopic (exact) mass is 327 g/mol. The molecule has 0 heterocycles. The lowest BCUT2D eigenvalue weighted by Crippen LogP contribution is -2.17. The number of nitrogens with one attached hydrogen (secondary N) is 1. The molecule has 0 spiro atoms. The van der Waals surface area contributed by atoms with E-state index in [0.717, 1.165) is 12.1 Å². The zero-order valence-electron chi connectivity index (χ0n) is 11.8. The van der Waals surface area contributed by atoms with Gasteiger partial charge in [-0.3, -0.25) is 0 Å². The van der Waals surface area contributed by atoms with Gasteiger partial charge in [-0.15, -0.1) is 0 Å². The van der Waals surface area contributed by atoms with Crippen LogP contribution in [0.4, 0.5) is 4.39 Å². The molecular weight excluding hydrogens is 312 g/mol. The molecule has 2 aromatic carbocycles. The average Bonchev–Trinajstić information content (AvgIpc) is 2.45. The Morgan fingerprint density at radius 3 is 2.57 bits per heavy atom. The molecular formula is C16H16Cl2FNO. The van der Waals surface area contributed by atoms with Crippen LogP contribution in [-0.4, -0.2) is 6.54 Å². The molecule has 0 aromatic heterocycles. The summed E-state index contributed by atoms with van der Waals surface area (Å²) < 4.78 is 19.6. The van der Waals surface area contributed by atoms with Gasteiger partial charge in [0.25, 0.3) is 0 Å². The van der Waals surface area contributed by atoms with Crippen LogP contribution in [0.2, 0.25) is 10.0 Å². The standard InChI is InChI=1S/C16H16Cl2FNO/c1-3-20-10(2)11-4-7-15(14(19)8-11)21-16-9-12(17)5-6-13(16)18/h4-10,20H,3H2,1-2H3. The van der Waals surface area contributed by atoms with Gasteiger partial charge >= 0.3 is 0 Å². The van der Waals surface area contributed by atoms with Gasteiger partial charge in [0.2, 0.25) is 0 Å². The molecule has 5 heteroatoms. The largest absolute Gasteiger partial charge is 0.453 e. The van der Waals surface area contributed by atoms with Crippen LogP contribution in [0.15, 0.2) is 36.4 Å². The third-order valence-corrected chi connectivity index (χ3v) is 3.63. The van der Waals surface area contributed by atoms with E-state index in [4.69, 9.17) is 27.9 Å². The highest BCUT2D eigenvalue weighted by molar-refractivity contribution is 6.34. The summed E-state index contributed by atoms with van der Waals surface area (Å²) in [6.45, 7) is 4.80. The van der Waals surface area contributed by atoms with Gasteiger partial charge in [0.15, 0.2) is 11.6 Å². The topological polar surface area (TPSA) is 21.3 Å². The van der Waals surface area contributed by atoms with Crippen LogP contribution in [0.3, 0.4) is 0 Å². The van der Waals surface area contributed by atoms with Crippen molar-refractivity contribution < 1.29 is 9.13 Å². The Morgan fingerprint density at radius 1 is 1.14 bits per heavy atom. The minimum Gasteiger partial charge on any atom is -0.453 e. The van der Waals surface area contributed by atoms with Crippen molar-refractivity contribution in [3.05, 3.63) is 57.8 Å². The molecule has 1 unspecified atom stereocenters. The molecule has 0 aliphatic carbocycles. The molecule has 2 nitrogen and oxygen atoms in total. The normalized spacial score (nSPS) is 12.2. The van der Waals surface area contributed by atoms with E-state index in [-0.39, 0.29) is 11.8 Å². The van der Waals surface area contributed by atoms with E-state index >= 15 is 0 Å². The number of ether oxygens (including phenoxy) is 1. The van der Waals surface area contributed by atoms with E-state index in [0.29, 0.717) is 15.8 Å². The summed E-state index contributed by atoms with van der Waals surface area (Å²) in [6.07, 6.45) is 0. The van der Waals surface area contributed by atoms with E-state index < -0.39 is 5.82 Å². The van der Waals surface area contributed by atoms with E-state index in [1.54, 1.807) is 24.3 Å². The maximum absolute atomic E-state index is 14.1. The van der Waals surface area contributed by atoms with Crippen molar-refractivity contribution in [2.75, 3.05) is 6.54 Å². The molecule has 112 valence electrons. The van der Waals surface area contributed by atoms with Crippen molar-refractivity contribution in [3.63, 3.8) is 0 Å². The van der Waals surface area contributed by atoms with Crippen LogP contribution in [0.25, 0.3) is 0 Å². The second-order valence-electron chi connectivity index (χ2n) is 4.65. The molecule has 0 bridgehead atoms. The fourth-order valence-electron chi connectivity index (χ4n) is 1.97. The minimum atomic E-state index is -0.437. The Morgan fingerprint density at radius 2 is 1.90 bits per heavy atom. The number of halogens is 3. The van der Waals surface area contributed by atoms with Gasteiger partial charge in [0.1, 0.15) is 5.75 Å². The van der Waals surface area contributed by atoms with Crippen molar-refractivity contribution in [1.29, 1.82) is 0 Å². The molecule has 1 atom stereocenters. The molecule has 0 saturated heterocycles. The lowest BCUT2D eigenvalue weighted by molar-refractivity contribution is 0.440. The minimum absolute atomic E-state index is 0.0771. The van der Waals surface area contributed by atoms with Gasteiger partial charge < -0.3 is 10.1 Å². The number of hydrogen-bond acceptors (Lipinski definition) is 2. The van der Waals surface area contributed by atoms with Gasteiger partial charge in [-0.1, -0.05) is 36.2 Å². The molecule has 0 amide bonds. The van der Waals surface area contributed by atoms with Crippen molar-refractivity contribution >= 4 is 23.2 Å². The maximum atomic E-state index is 14.1. The number of rotatable bonds is 5. The first-order chi connectivity index (χ1) is 10.0. The van der Waals surface area contributed by atoms with Crippen LogP contribution in [-0.2, 0) is 0 Å². The Labute approximate surface area is 133 Å². The second-order valence-corrected chi connectivity index (χ2v) is 5.49. The third-order valence-electron chi connectivity index (χ3n) is 3.08. The van der Waals surface area contributed by atoms with E-state index in [2.05, 4.69) is 5.32 Å². The molecule has 0 fully saturated rings. The van der Waals surface area contributed by atoms with Crippen LogP contribution in [0, 0.1) is 5.82 Å². The molecule has 1 N–H and O–H groups in total. The number of hydrogen-bond donors (Lipinski definition) is 1. The quantitative estimate of drug-likeness (QED) is 0.772. The zero-order chi connectivity index (χ0) is 15.4. The lowest BCUT2D eigenvalue weighted by atomic mass is 10.1. The van der Waals surface area contributed by atoms with E-state index in [1.807, 2.05) is 19.9 Å². The molecule has 2 aromatic rings. The van der Waals surface area contributed by atoms with Crippen LogP contribution in [0.5, 0.6) is 11.5 Å². The predicted octanol–water partition coefficient (Wildman–Crippen LogP) is 5.60. The molecule has 0 radical (unpaired) electrons. The lowest BCUT2D eigenvalue weighted by Gasteiger charge is -2.14. The van der Waals surface area contributed by atoms with Crippen molar-refractivity contribution in [1.82, 2.24) is 5.32 Å². The first-order valence-corrected chi connectivity index (χ1v) is 7.42. The SMILES string of the molecule is CCNC(C)c1ccc(Oc2cc(Cl)ccc2Cl)c(F)c1. The van der Waals surface area contributed by atoms with Crippen molar-refractivity contribution in [2.24, 2.45) is 0 Å². The molecule has 21 heavy (non-hydrogen) atoms. The Kier molecular flexibility index (Phi) is 5.45. The van der Waals surface area contributed by atoms with Gasteiger partial charge in [0.05, 0.1) is 5.02 Å². The summed E-state index contributed by atoms with van der Waals surface area (Å²) in [5, 5.41) is 4.09.